The number of rotatable bonds is 6. The zero-order chi connectivity index (χ0) is 18.1. The van der Waals surface area contributed by atoms with Crippen LogP contribution in [0.4, 0.5) is 11.8 Å². The van der Waals surface area contributed by atoms with Crippen LogP contribution in [0.25, 0.3) is 0 Å². The van der Waals surface area contributed by atoms with Gasteiger partial charge in [0.1, 0.15) is 5.82 Å². The summed E-state index contributed by atoms with van der Waals surface area (Å²) < 4.78 is 5.52. The number of aryl methyl sites for hydroxylation is 2. The second-order valence-electron chi connectivity index (χ2n) is 7.19. The second-order valence-corrected chi connectivity index (χ2v) is 7.19. The van der Waals surface area contributed by atoms with E-state index >= 15 is 0 Å². The van der Waals surface area contributed by atoms with Gasteiger partial charge in [-0.2, -0.15) is 10.1 Å². The number of anilines is 2. The Labute approximate surface area is 153 Å². The van der Waals surface area contributed by atoms with Crippen LogP contribution in [-0.2, 0) is 11.2 Å². The fourth-order valence-corrected chi connectivity index (χ4v) is 3.54. The minimum Gasteiger partial charge on any atom is -0.389 e. The second kappa shape index (κ2) is 7.20. The first-order valence-electron chi connectivity index (χ1n) is 9.24. The van der Waals surface area contributed by atoms with Gasteiger partial charge in [0.2, 0.25) is 5.95 Å². The van der Waals surface area contributed by atoms with Crippen LogP contribution in [0, 0.1) is 13.8 Å². The molecule has 4 rings (SSSR count). The van der Waals surface area contributed by atoms with Crippen LogP contribution in [0.5, 0.6) is 0 Å². The van der Waals surface area contributed by atoms with E-state index in [2.05, 4.69) is 20.5 Å². The van der Waals surface area contributed by atoms with Gasteiger partial charge in [-0.1, -0.05) is 0 Å². The molecule has 2 aromatic heterocycles. The van der Waals surface area contributed by atoms with Gasteiger partial charge in [-0.3, -0.25) is 5.10 Å². The van der Waals surface area contributed by atoms with Crippen molar-refractivity contribution in [3.8, 4) is 0 Å². The Balaban J connectivity index is 1.48. The third kappa shape index (κ3) is 3.52. The molecule has 8 heteroatoms. The maximum absolute atomic E-state index is 9.59. The van der Waals surface area contributed by atoms with E-state index in [1.54, 1.807) is 0 Å². The summed E-state index contributed by atoms with van der Waals surface area (Å²) in [6.07, 6.45) is 1.60. The van der Waals surface area contributed by atoms with Gasteiger partial charge in [-0.25, -0.2) is 4.98 Å². The van der Waals surface area contributed by atoms with Crippen LogP contribution in [-0.4, -0.2) is 64.2 Å². The third-order valence-corrected chi connectivity index (χ3v) is 5.19. The van der Waals surface area contributed by atoms with Crippen molar-refractivity contribution in [1.82, 2.24) is 20.2 Å². The van der Waals surface area contributed by atoms with E-state index in [1.165, 1.54) is 5.56 Å². The summed E-state index contributed by atoms with van der Waals surface area (Å²) >= 11 is 0. The van der Waals surface area contributed by atoms with Crippen LogP contribution >= 0.6 is 0 Å². The van der Waals surface area contributed by atoms with Gasteiger partial charge in [0, 0.05) is 43.9 Å². The van der Waals surface area contributed by atoms with Crippen molar-refractivity contribution >= 4 is 11.8 Å². The summed E-state index contributed by atoms with van der Waals surface area (Å²) in [7, 11) is 0. The molecule has 26 heavy (non-hydrogen) atoms. The Bertz CT molecular complexity index is 746. The number of aliphatic hydroxyl groups is 1. The summed E-state index contributed by atoms with van der Waals surface area (Å²) in [5.74, 6) is 1.84. The average Bonchev–Trinajstić information content (AvgIpc) is 3.24. The molecule has 2 aliphatic rings. The Morgan fingerprint density at radius 1 is 1.35 bits per heavy atom. The molecule has 3 N–H and O–H groups in total. The molecule has 2 aliphatic heterocycles. The molecule has 1 unspecified atom stereocenters. The van der Waals surface area contributed by atoms with Crippen molar-refractivity contribution in [1.29, 1.82) is 0 Å². The largest absolute Gasteiger partial charge is 0.389 e. The van der Waals surface area contributed by atoms with E-state index in [4.69, 9.17) is 9.72 Å². The Hall–Kier alpha value is -2.19. The van der Waals surface area contributed by atoms with E-state index in [-0.39, 0.29) is 6.10 Å². The zero-order valence-electron chi connectivity index (χ0n) is 15.3. The highest BCUT2D eigenvalue weighted by Gasteiger charge is 2.28. The lowest BCUT2D eigenvalue weighted by Gasteiger charge is -2.36. The monoisotopic (exact) mass is 358 g/mol. The maximum Gasteiger partial charge on any atom is 0.227 e. The number of H-pyrrole nitrogens is 1. The summed E-state index contributed by atoms with van der Waals surface area (Å²) in [5, 5.41) is 20.3. The highest BCUT2D eigenvalue weighted by Crippen LogP contribution is 2.28. The predicted octanol–water partition coefficient (Wildman–Crippen LogP) is 1.16. The van der Waals surface area contributed by atoms with Gasteiger partial charge >= 0.3 is 0 Å². The molecule has 0 bridgehead atoms. The third-order valence-electron chi connectivity index (χ3n) is 5.19. The zero-order valence-corrected chi connectivity index (χ0v) is 15.3. The van der Waals surface area contributed by atoms with Crippen molar-refractivity contribution in [3.63, 3.8) is 0 Å². The van der Waals surface area contributed by atoms with Gasteiger partial charge in [0.05, 0.1) is 24.1 Å². The molecule has 8 nitrogen and oxygen atoms in total. The van der Waals surface area contributed by atoms with Crippen LogP contribution in [0.15, 0.2) is 6.07 Å². The smallest absolute Gasteiger partial charge is 0.227 e. The van der Waals surface area contributed by atoms with Gasteiger partial charge in [0.25, 0.3) is 0 Å². The van der Waals surface area contributed by atoms with Crippen molar-refractivity contribution < 1.29 is 9.84 Å². The van der Waals surface area contributed by atoms with E-state index in [0.29, 0.717) is 31.6 Å². The molecular weight excluding hydrogens is 332 g/mol. The molecule has 0 amide bonds. The van der Waals surface area contributed by atoms with Crippen molar-refractivity contribution in [2.45, 2.75) is 38.7 Å². The van der Waals surface area contributed by atoms with Crippen LogP contribution < -0.4 is 10.2 Å². The predicted molar refractivity (Wildman–Crippen MR) is 98.7 cm³/mol. The Kier molecular flexibility index (Phi) is 4.78. The number of ether oxygens (including phenoxy) is 1. The summed E-state index contributed by atoms with van der Waals surface area (Å²) in [6.45, 7) is 7.54. The summed E-state index contributed by atoms with van der Waals surface area (Å²) in [5.41, 5.74) is 4.44. The normalized spacial score (nSPS) is 20.4. The lowest BCUT2D eigenvalue weighted by atomic mass is 10.0. The lowest BCUT2D eigenvalue weighted by Crippen LogP contribution is -2.51. The first kappa shape index (κ1) is 17.2. The van der Waals surface area contributed by atoms with Crippen LogP contribution in [0.1, 0.15) is 35.0 Å². The fraction of sp³-hybridized carbons (Fsp3) is 0.611. The SMILES string of the molecule is Cc1n[nH]c(C)c1CCNc1cc(C2CCOC2)nc(N2CC(O)C2)n1. The molecule has 0 saturated carbocycles. The van der Waals surface area contributed by atoms with Crippen LogP contribution in [0.2, 0.25) is 0 Å². The number of aromatic nitrogens is 4. The van der Waals surface area contributed by atoms with Crippen LogP contribution in [0.3, 0.4) is 0 Å². The average molecular weight is 358 g/mol. The van der Waals surface area contributed by atoms with E-state index < -0.39 is 0 Å². The number of hydrogen-bond donors (Lipinski definition) is 3. The molecule has 0 spiro atoms. The van der Waals surface area contributed by atoms with E-state index in [9.17, 15) is 5.11 Å². The molecule has 1 atom stereocenters. The van der Waals surface area contributed by atoms with Gasteiger partial charge < -0.3 is 20.1 Å². The number of aromatic amines is 1. The molecule has 2 saturated heterocycles. The van der Waals surface area contributed by atoms with E-state index in [1.807, 2.05) is 24.8 Å². The number of β-amino-alcohol motifs (C(OH)–C–C–N with tert-alkyl or cyclic N) is 1. The highest BCUT2D eigenvalue weighted by molar-refractivity contribution is 5.46. The van der Waals surface area contributed by atoms with Crippen molar-refractivity contribution in [3.05, 3.63) is 28.7 Å². The molecule has 140 valence electrons. The van der Waals surface area contributed by atoms with Gasteiger partial charge in [-0.05, 0) is 32.3 Å². The molecular formula is C18H26N6O2. The lowest BCUT2D eigenvalue weighted by molar-refractivity contribution is 0.140. The minimum absolute atomic E-state index is 0.277. The quantitative estimate of drug-likeness (QED) is 0.712. The topological polar surface area (TPSA) is 99.2 Å². The number of nitrogens with one attached hydrogen (secondary N) is 2. The molecule has 0 radical (unpaired) electrons. The first-order valence-corrected chi connectivity index (χ1v) is 9.24. The Morgan fingerprint density at radius 3 is 2.85 bits per heavy atom. The van der Waals surface area contributed by atoms with Gasteiger partial charge in [-0.15, -0.1) is 0 Å². The minimum atomic E-state index is -0.277. The number of aliphatic hydroxyl groups excluding tert-OH is 1. The maximum atomic E-state index is 9.59. The fourth-order valence-electron chi connectivity index (χ4n) is 3.54. The number of nitrogens with zero attached hydrogens (tertiary/aromatic N) is 4. The van der Waals surface area contributed by atoms with Crippen molar-refractivity contribution in [2.75, 3.05) is 43.1 Å². The highest BCUT2D eigenvalue weighted by atomic mass is 16.5. The Morgan fingerprint density at radius 2 is 2.19 bits per heavy atom. The number of hydrogen-bond acceptors (Lipinski definition) is 7. The molecule has 2 fully saturated rings. The molecule has 4 heterocycles. The first-order chi connectivity index (χ1) is 12.6. The van der Waals surface area contributed by atoms with Gasteiger partial charge in [0.15, 0.2) is 0 Å². The summed E-state index contributed by atoms with van der Waals surface area (Å²) in [6, 6.07) is 2.04. The molecule has 0 aromatic carbocycles. The molecule has 0 aliphatic carbocycles. The standard InChI is InChI=1S/C18H26N6O2/c1-11-15(12(2)23-22-11)3-5-19-17-7-16(13-4-6-26-10-13)20-18(21-17)24-8-14(25)9-24/h7,13-14,25H,3-6,8-10H2,1-2H3,(H,22,23)(H,19,20,21). The molecule has 2 aromatic rings. The van der Waals surface area contributed by atoms with E-state index in [0.717, 1.165) is 48.9 Å². The summed E-state index contributed by atoms with van der Waals surface area (Å²) in [4.78, 5) is 11.4. The van der Waals surface area contributed by atoms with Crippen molar-refractivity contribution in [2.24, 2.45) is 0 Å².